The summed E-state index contributed by atoms with van der Waals surface area (Å²) in [6, 6.07) is 12.3. The summed E-state index contributed by atoms with van der Waals surface area (Å²) in [6.07, 6.45) is 7.80. The monoisotopic (exact) mass is 350 g/mol. The van der Waals surface area contributed by atoms with E-state index in [0.29, 0.717) is 11.4 Å². The van der Waals surface area contributed by atoms with Crippen molar-refractivity contribution in [2.75, 3.05) is 0 Å². The molecule has 0 fully saturated rings. The molecule has 0 radical (unpaired) electrons. The standard InChI is InChI=1S/C19H14N2O5/c22-18(13-14-5-2-1-3-6-14)25-20-15-8-10-16(11-9-15)21-26-19(23)17-7-4-12-24-17/h1-12H,13H2. The van der Waals surface area contributed by atoms with Crippen molar-refractivity contribution in [3.05, 3.63) is 84.4 Å². The number of benzene rings is 1. The Kier molecular flexibility index (Phi) is 5.51. The van der Waals surface area contributed by atoms with E-state index in [4.69, 9.17) is 14.1 Å². The van der Waals surface area contributed by atoms with Gasteiger partial charge in [0, 0.05) is 0 Å². The van der Waals surface area contributed by atoms with Crippen LogP contribution in [0.3, 0.4) is 0 Å². The van der Waals surface area contributed by atoms with E-state index in [1.165, 1.54) is 12.3 Å². The van der Waals surface area contributed by atoms with Gasteiger partial charge in [-0.25, -0.2) is 9.59 Å². The number of rotatable bonds is 5. The summed E-state index contributed by atoms with van der Waals surface area (Å²) in [5, 5.41) is 7.46. The minimum atomic E-state index is -0.696. The highest BCUT2D eigenvalue weighted by molar-refractivity contribution is 6.18. The highest BCUT2D eigenvalue weighted by Gasteiger charge is 2.10. The molecule has 0 spiro atoms. The Morgan fingerprint density at radius 1 is 0.846 bits per heavy atom. The predicted octanol–water partition coefficient (Wildman–Crippen LogP) is 3.06. The number of nitrogens with zero attached hydrogens (tertiary/aromatic N) is 2. The molecule has 2 aromatic rings. The number of hydrogen-bond acceptors (Lipinski definition) is 7. The topological polar surface area (TPSA) is 90.5 Å². The molecule has 26 heavy (non-hydrogen) atoms. The summed E-state index contributed by atoms with van der Waals surface area (Å²) in [5.74, 6) is -1.10. The first-order valence-electron chi connectivity index (χ1n) is 7.71. The second-order valence-electron chi connectivity index (χ2n) is 5.18. The van der Waals surface area contributed by atoms with E-state index in [2.05, 4.69) is 10.3 Å². The molecule has 1 aromatic carbocycles. The number of carbonyl (C=O) groups excluding carboxylic acids is 2. The van der Waals surface area contributed by atoms with E-state index in [-0.39, 0.29) is 12.2 Å². The minimum Gasteiger partial charge on any atom is -0.457 e. The lowest BCUT2D eigenvalue weighted by atomic mass is 10.1. The van der Waals surface area contributed by atoms with Gasteiger partial charge in [0.05, 0.1) is 12.7 Å². The van der Waals surface area contributed by atoms with E-state index in [1.54, 1.807) is 30.4 Å². The van der Waals surface area contributed by atoms with Gasteiger partial charge < -0.3 is 14.1 Å². The quantitative estimate of drug-likeness (QED) is 0.470. The SMILES string of the molecule is O=C(Cc1ccccc1)ON=C1C=CC(=NOC(=O)c2ccco2)C=C1. The fraction of sp³-hybridized carbons (Fsp3) is 0.0526. The highest BCUT2D eigenvalue weighted by Crippen LogP contribution is 2.05. The first kappa shape index (κ1) is 17.1. The van der Waals surface area contributed by atoms with Crippen molar-refractivity contribution in [2.45, 2.75) is 6.42 Å². The van der Waals surface area contributed by atoms with Gasteiger partial charge in [-0.15, -0.1) is 0 Å². The molecular formula is C19H14N2O5. The fourth-order valence-electron chi connectivity index (χ4n) is 2.01. The van der Waals surface area contributed by atoms with Gasteiger partial charge in [-0.1, -0.05) is 40.6 Å². The van der Waals surface area contributed by atoms with Crippen LogP contribution in [-0.4, -0.2) is 23.4 Å². The van der Waals surface area contributed by atoms with Gasteiger partial charge in [0.2, 0.25) is 5.76 Å². The second kappa shape index (κ2) is 8.39. The average molecular weight is 350 g/mol. The van der Waals surface area contributed by atoms with Crippen LogP contribution < -0.4 is 0 Å². The first-order chi connectivity index (χ1) is 12.7. The molecule has 0 saturated heterocycles. The van der Waals surface area contributed by atoms with Crippen LogP contribution >= 0.6 is 0 Å². The Balaban J connectivity index is 1.50. The Morgan fingerprint density at radius 3 is 2.12 bits per heavy atom. The van der Waals surface area contributed by atoms with Crippen LogP contribution in [0.2, 0.25) is 0 Å². The van der Waals surface area contributed by atoms with Crippen LogP contribution in [-0.2, 0) is 20.9 Å². The van der Waals surface area contributed by atoms with Gasteiger partial charge in [0.15, 0.2) is 0 Å². The van der Waals surface area contributed by atoms with Crippen LogP contribution in [0.25, 0.3) is 0 Å². The Labute approximate surface area is 148 Å². The Bertz CT molecular complexity index is 875. The normalized spacial score (nSPS) is 12.6. The molecule has 0 unspecified atom stereocenters. The lowest BCUT2D eigenvalue weighted by Gasteiger charge is -2.02. The zero-order valence-electron chi connectivity index (χ0n) is 13.6. The predicted molar refractivity (Wildman–Crippen MR) is 93.5 cm³/mol. The van der Waals surface area contributed by atoms with Gasteiger partial charge in [-0.3, -0.25) is 0 Å². The molecule has 0 N–H and O–H groups in total. The van der Waals surface area contributed by atoms with Crippen molar-refractivity contribution >= 4 is 23.4 Å². The smallest absolute Gasteiger partial charge is 0.400 e. The molecule has 7 heteroatoms. The van der Waals surface area contributed by atoms with Gasteiger partial charge in [-0.2, -0.15) is 0 Å². The third-order valence-corrected chi connectivity index (χ3v) is 3.25. The Hall–Kier alpha value is -3.74. The molecule has 130 valence electrons. The van der Waals surface area contributed by atoms with Crippen LogP contribution in [0.1, 0.15) is 16.1 Å². The summed E-state index contributed by atoms with van der Waals surface area (Å²) in [6.45, 7) is 0. The van der Waals surface area contributed by atoms with Crippen molar-refractivity contribution in [1.29, 1.82) is 0 Å². The average Bonchev–Trinajstić information content (AvgIpc) is 3.21. The van der Waals surface area contributed by atoms with E-state index < -0.39 is 11.9 Å². The molecule has 0 atom stereocenters. The largest absolute Gasteiger partial charge is 0.457 e. The molecule has 7 nitrogen and oxygen atoms in total. The first-order valence-corrected chi connectivity index (χ1v) is 7.71. The van der Waals surface area contributed by atoms with Crippen LogP contribution in [0.4, 0.5) is 0 Å². The van der Waals surface area contributed by atoms with E-state index in [0.717, 1.165) is 5.56 Å². The number of hydrogen-bond donors (Lipinski definition) is 0. The molecule has 1 aliphatic carbocycles. The summed E-state index contributed by atoms with van der Waals surface area (Å²) in [7, 11) is 0. The highest BCUT2D eigenvalue weighted by atomic mass is 16.7. The third kappa shape index (κ3) is 4.88. The zero-order valence-corrected chi connectivity index (χ0v) is 13.6. The molecule has 0 saturated carbocycles. The van der Waals surface area contributed by atoms with Gasteiger partial charge in [0.25, 0.3) is 0 Å². The summed E-state index contributed by atoms with van der Waals surface area (Å²) < 4.78 is 4.90. The number of allylic oxidation sites excluding steroid dienone is 4. The molecule has 0 aliphatic heterocycles. The molecule has 1 heterocycles. The maximum absolute atomic E-state index is 11.7. The molecular weight excluding hydrogens is 336 g/mol. The van der Waals surface area contributed by atoms with Crippen molar-refractivity contribution < 1.29 is 23.7 Å². The summed E-state index contributed by atoms with van der Waals surface area (Å²) in [4.78, 5) is 33.0. The molecule has 3 rings (SSSR count). The molecule has 1 aliphatic rings. The molecule has 0 bridgehead atoms. The number of furan rings is 1. The lowest BCUT2D eigenvalue weighted by molar-refractivity contribution is -0.142. The summed E-state index contributed by atoms with van der Waals surface area (Å²) >= 11 is 0. The molecule has 0 amide bonds. The maximum Gasteiger partial charge on any atom is 0.400 e. The zero-order chi connectivity index (χ0) is 18.2. The van der Waals surface area contributed by atoms with Gasteiger partial charge >= 0.3 is 11.9 Å². The maximum atomic E-state index is 11.7. The number of oxime groups is 2. The fourth-order valence-corrected chi connectivity index (χ4v) is 2.01. The van der Waals surface area contributed by atoms with Crippen LogP contribution in [0.15, 0.2) is 87.8 Å². The molecule has 1 aromatic heterocycles. The van der Waals surface area contributed by atoms with Gasteiger partial charge in [0.1, 0.15) is 11.4 Å². The van der Waals surface area contributed by atoms with Gasteiger partial charge in [-0.05, 0) is 42.0 Å². The summed E-state index contributed by atoms with van der Waals surface area (Å²) in [5.41, 5.74) is 1.68. The van der Waals surface area contributed by atoms with Crippen LogP contribution in [0.5, 0.6) is 0 Å². The van der Waals surface area contributed by atoms with Crippen molar-refractivity contribution in [1.82, 2.24) is 0 Å². The van der Waals surface area contributed by atoms with Crippen molar-refractivity contribution in [2.24, 2.45) is 10.3 Å². The van der Waals surface area contributed by atoms with Crippen molar-refractivity contribution in [3.63, 3.8) is 0 Å². The van der Waals surface area contributed by atoms with E-state index in [9.17, 15) is 9.59 Å². The Morgan fingerprint density at radius 2 is 1.50 bits per heavy atom. The lowest BCUT2D eigenvalue weighted by Crippen LogP contribution is -2.07. The van der Waals surface area contributed by atoms with Crippen LogP contribution in [0, 0.1) is 0 Å². The number of carbonyl (C=O) groups is 2. The van der Waals surface area contributed by atoms with Crippen molar-refractivity contribution in [3.8, 4) is 0 Å². The third-order valence-electron chi connectivity index (χ3n) is 3.25. The van der Waals surface area contributed by atoms with E-state index in [1.807, 2.05) is 30.3 Å². The van der Waals surface area contributed by atoms with E-state index >= 15 is 0 Å². The second-order valence-corrected chi connectivity index (χ2v) is 5.18. The minimum absolute atomic E-state index is 0.0608.